The van der Waals surface area contributed by atoms with Crippen molar-refractivity contribution in [3.05, 3.63) is 0 Å². The summed E-state index contributed by atoms with van der Waals surface area (Å²) in [6.45, 7) is 3.11. The molecule has 0 aromatic carbocycles. The number of hydrogen-bond acceptors (Lipinski definition) is 2. The van der Waals surface area contributed by atoms with Crippen molar-refractivity contribution < 1.29 is 17.9 Å². The van der Waals surface area contributed by atoms with E-state index in [1.165, 1.54) is 12.8 Å². The molecule has 0 spiro atoms. The molecule has 1 atom stereocenters. The third-order valence-corrected chi connectivity index (χ3v) is 2.80. The zero-order valence-electron chi connectivity index (χ0n) is 10.4. The van der Waals surface area contributed by atoms with Gasteiger partial charge in [-0.15, -0.1) is 0 Å². The van der Waals surface area contributed by atoms with Crippen LogP contribution in [0.4, 0.5) is 13.2 Å². The van der Waals surface area contributed by atoms with Crippen molar-refractivity contribution in [2.24, 2.45) is 0 Å². The first-order chi connectivity index (χ1) is 7.97. The van der Waals surface area contributed by atoms with Gasteiger partial charge in [0.2, 0.25) is 0 Å². The van der Waals surface area contributed by atoms with Gasteiger partial charge in [0.15, 0.2) is 0 Å². The monoisotopic (exact) mass is 253 g/mol. The molecule has 0 amide bonds. The lowest BCUT2D eigenvalue weighted by Gasteiger charge is -2.13. The van der Waals surface area contributed by atoms with E-state index in [9.17, 15) is 13.2 Å². The highest BCUT2D eigenvalue weighted by Gasteiger charge is 2.26. The van der Waals surface area contributed by atoms with Gasteiger partial charge in [0, 0.05) is 19.1 Å². The predicted octanol–water partition coefficient (Wildman–Crippen LogP) is 3.27. The van der Waals surface area contributed by atoms with Crippen LogP contribution in [0, 0.1) is 0 Å². The van der Waals surface area contributed by atoms with Gasteiger partial charge in [-0.05, 0) is 45.6 Å². The van der Waals surface area contributed by atoms with E-state index in [0.29, 0.717) is 0 Å². The lowest BCUT2D eigenvalue weighted by atomic mass is 10.2. The smallest absolute Gasteiger partial charge is 0.379 e. The lowest BCUT2D eigenvalue weighted by molar-refractivity contribution is -0.138. The third kappa shape index (κ3) is 9.41. The molecule has 1 aliphatic carbocycles. The summed E-state index contributed by atoms with van der Waals surface area (Å²) in [6.07, 6.45) is -0.183. The summed E-state index contributed by atoms with van der Waals surface area (Å²) in [5.74, 6) is 0. The highest BCUT2D eigenvalue weighted by atomic mass is 19.4. The summed E-state index contributed by atoms with van der Waals surface area (Å²) >= 11 is 0. The first-order valence-electron chi connectivity index (χ1n) is 6.39. The summed E-state index contributed by atoms with van der Waals surface area (Å²) in [5.41, 5.74) is 0. The number of halogens is 3. The number of nitrogens with one attached hydrogen (secondary N) is 1. The fourth-order valence-corrected chi connectivity index (χ4v) is 1.62. The Kier molecular flexibility index (Phi) is 6.27. The van der Waals surface area contributed by atoms with Gasteiger partial charge < -0.3 is 10.1 Å². The van der Waals surface area contributed by atoms with Gasteiger partial charge in [-0.1, -0.05) is 0 Å². The fraction of sp³-hybridized carbons (Fsp3) is 1.00. The lowest BCUT2D eigenvalue weighted by Crippen LogP contribution is -2.19. The zero-order chi connectivity index (χ0) is 12.7. The van der Waals surface area contributed by atoms with E-state index >= 15 is 0 Å². The maximum Gasteiger partial charge on any atom is 0.389 e. The molecule has 1 N–H and O–H groups in total. The summed E-state index contributed by atoms with van der Waals surface area (Å²) in [5, 5.41) is 3.39. The summed E-state index contributed by atoms with van der Waals surface area (Å²) in [6, 6.07) is 0.720. The van der Waals surface area contributed by atoms with E-state index < -0.39 is 12.6 Å². The van der Waals surface area contributed by atoms with E-state index in [1.54, 1.807) is 0 Å². The van der Waals surface area contributed by atoms with E-state index in [2.05, 4.69) is 5.32 Å². The quantitative estimate of drug-likeness (QED) is 0.637. The maximum absolute atomic E-state index is 11.8. The van der Waals surface area contributed by atoms with Crippen LogP contribution in [0.5, 0.6) is 0 Å². The minimum Gasteiger partial charge on any atom is -0.379 e. The van der Waals surface area contributed by atoms with E-state index in [0.717, 1.165) is 25.4 Å². The van der Waals surface area contributed by atoms with Crippen molar-refractivity contribution in [3.8, 4) is 0 Å². The van der Waals surface area contributed by atoms with E-state index in [1.807, 2.05) is 6.92 Å². The summed E-state index contributed by atoms with van der Waals surface area (Å²) < 4.78 is 40.9. The van der Waals surface area contributed by atoms with E-state index in [4.69, 9.17) is 4.74 Å². The molecule has 5 heteroatoms. The predicted molar refractivity (Wildman–Crippen MR) is 61.0 cm³/mol. The molecule has 0 saturated heterocycles. The molecule has 2 nitrogen and oxygen atoms in total. The average Bonchev–Trinajstić information content (AvgIpc) is 3.02. The fourth-order valence-electron chi connectivity index (χ4n) is 1.62. The number of hydrogen-bond donors (Lipinski definition) is 1. The summed E-state index contributed by atoms with van der Waals surface area (Å²) in [4.78, 5) is 0. The highest BCUT2D eigenvalue weighted by Crippen LogP contribution is 2.21. The first-order valence-corrected chi connectivity index (χ1v) is 6.39. The van der Waals surface area contributed by atoms with Crippen LogP contribution >= 0.6 is 0 Å². The Hall–Kier alpha value is -0.290. The van der Waals surface area contributed by atoms with Gasteiger partial charge >= 0.3 is 6.18 Å². The van der Waals surface area contributed by atoms with Crippen LogP contribution in [0.25, 0.3) is 0 Å². The molecule has 0 aromatic rings. The normalized spacial score (nSPS) is 18.4. The molecule has 0 radical (unpaired) electrons. The van der Waals surface area contributed by atoms with Gasteiger partial charge in [-0.3, -0.25) is 0 Å². The Bertz CT molecular complexity index is 204. The molecule has 1 saturated carbocycles. The second-order valence-corrected chi connectivity index (χ2v) is 4.77. The van der Waals surface area contributed by atoms with Crippen LogP contribution in [0.1, 0.15) is 45.4 Å². The van der Waals surface area contributed by atoms with Crippen molar-refractivity contribution in [2.75, 3.05) is 13.2 Å². The molecule has 1 aliphatic rings. The molecule has 1 rings (SSSR count). The first kappa shape index (κ1) is 14.8. The Morgan fingerprint density at radius 2 is 2.00 bits per heavy atom. The highest BCUT2D eigenvalue weighted by molar-refractivity contribution is 4.80. The molecule has 17 heavy (non-hydrogen) atoms. The van der Waals surface area contributed by atoms with Crippen molar-refractivity contribution >= 4 is 0 Å². The van der Waals surface area contributed by atoms with Crippen molar-refractivity contribution in [2.45, 2.75) is 63.8 Å². The number of alkyl halides is 3. The van der Waals surface area contributed by atoms with Crippen LogP contribution in [0.15, 0.2) is 0 Å². The molecule has 0 aromatic heterocycles. The molecule has 1 fully saturated rings. The molecule has 102 valence electrons. The Labute approximate surface area is 101 Å². The topological polar surface area (TPSA) is 21.3 Å². The second kappa shape index (κ2) is 7.21. The van der Waals surface area contributed by atoms with Gasteiger partial charge in [0.05, 0.1) is 6.10 Å². The minimum atomic E-state index is -4.05. The van der Waals surface area contributed by atoms with Crippen LogP contribution in [-0.2, 0) is 4.74 Å². The minimum absolute atomic E-state index is 0.0595. The van der Waals surface area contributed by atoms with Crippen molar-refractivity contribution in [1.29, 1.82) is 0 Å². The summed E-state index contributed by atoms with van der Waals surface area (Å²) in [7, 11) is 0. The van der Waals surface area contributed by atoms with Crippen molar-refractivity contribution in [3.63, 3.8) is 0 Å². The third-order valence-electron chi connectivity index (χ3n) is 2.80. The maximum atomic E-state index is 11.8. The van der Waals surface area contributed by atoms with Crippen LogP contribution in [0.2, 0.25) is 0 Å². The largest absolute Gasteiger partial charge is 0.389 e. The molecule has 0 bridgehead atoms. The zero-order valence-corrected chi connectivity index (χ0v) is 10.4. The van der Waals surface area contributed by atoms with Gasteiger partial charge in [0.25, 0.3) is 0 Å². The van der Waals surface area contributed by atoms with Crippen molar-refractivity contribution in [1.82, 2.24) is 5.32 Å². The second-order valence-electron chi connectivity index (χ2n) is 4.77. The molecule has 1 unspecified atom stereocenters. The van der Waals surface area contributed by atoms with Crippen LogP contribution in [-0.4, -0.2) is 31.5 Å². The standard InChI is InChI=1S/C12H22F3NO/c1-10(4-2-8-16-11-5-6-11)17-9-3-7-12(13,14)15/h10-11,16H,2-9H2,1H3. The van der Waals surface area contributed by atoms with Gasteiger partial charge in [-0.2, -0.15) is 13.2 Å². The number of rotatable bonds is 9. The SMILES string of the molecule is CC(CCCNC1CC1)OCCCC(F)(F)F. The van der Waals surface area contributed by atoms with Gasteiger partial charge in [0.1, 0.15) is 0 Å². The Morgan fingerprint density at radius 3 is 2.59 bits per heavy atom. The molecule has 0 heterocycles. The van der Waals surface area contributed by atoms with Gasteiger partial charge in [-0.25, -0.2) is 0 Å². The molecular formula is C12H22F3NO. The Morgan fingerprint density at radius 1 is 1.29 bits per heavy atom. The molecule has 0 aliphatic heterocycles. The van der Waals surface area contributed by atoms with Crippen LogP contribution in [0.3, 0.4) is 0 Å². The number of ether oxygens (including phenoxy) is 1. The molecular weight excluding hydrogens is 231 g/mol. The Balaban J connectivity index is 1.84. The average molecular weight is 253 g/mol. The van der Waals surface area contributed by atoms with Crippen LogP contribution < -0.4 is 5.32 Å². The van der Waals surface area contributed by atoms with E-state index in [-0.39, 0.29) is 19.1 Å².